The predicted octanol–water partition coefficient (Wildman–Crippen LogP) is 1.66. The lowest BCUT2D eigenvalue weighted by Gasteiger charge is -2.22. The minimum absolute atomic E-state index is 0.697. The third-order valence-electron chi connectivity index (χ3n) is 1.88. The molecule has 1 rings (SSSR count). The minimum Gasteiger partial charge on any atom is -0.338 e. The smallest absolute Gasteiger partial charge is 0.286 e. The van der Waals surface area contributed by atoms with E-state index in [0.29, 0.717) is 5.56 Å². The van der Waals surface area contributed by atoms with E-state index in [9.17, 15) is 0 Å². The highest BCUT2D eigenvalue weighted by atomic mass is 16.7. The van der Waals surface area contributed by atoms with E-state index in [1.165, 1.54) is 14.2 Å². The van der Waals surface area contributed by atoms with Crippen LogP contribution in [0.4, 0.5) is 0 Å². The summed E-state index contributed by atoms with van der Waals surface area (Å²) in [5.41, 5.74) is 0.697. The summed E-state index contributed by atoms with van der Waals surface area (Å²) in [7, 11) is 2.89. The van der Waals surface area contributed by atoms with Crippen molar-refractivity contribution in [3.05, 3.63) is 35.9 Å². The topological polar surface area (TPSA) is 42.2 Å². The van der Waals surface area contributed by atoms with Gasteiger partial charge in [0, 0.05) is 19.8 Å². The Kier molecular flexibility index (Phi) is 3.02. The van der Waals surface area contributed by atoms with Gasteiger partial charge in [0.1, 0.15) is 6.07 Å². The summed E-state index contributed by atoms with van der Waals surface area (Å²) in [5.74, 6) is -1.28. The van der Waals surface area contributed by atoms with Crippen molar-refractivity contribution >= 4 is 0 Å². The van der Waals surface area contributed by atoms with Crippen LogP contribution in [0.1, 0.15) is 5.56 Å². The van der Waals surface area contributed by atoms with Gasteiger partial charge in [-0.2, -0.15) is 5.26 Å². The first-order chi connectivity index (χ1) is 6.29. The van der Waals surface area contributed by atoms with Gasteiger partial charge in [-0.05, 0) is 0 Å². The number of rotatable bonds is 3. The Balaban J connectivity index is 3.10. The highest BCUT2D eigenvalue weighted by molar-refractivity contribution is 5.25. The zero-order valence-corrected chi connectivity index (χ0v) is 7.65. The van der Waals surface area contributed by atoms with E-state index in [1.807, 2.05) is 24.3 Å². The van der Waals surface area contributed by atoms with E-state index in [2.05, 4.69) is 0 Å². The van der Waals surface area contributed by atoms with Gasteiger partial charge < -0.3 is 9.47 Å². The maximum atomic E-state index is 8.93. The van der Waals surface area contributed by atoms with Gasteiger partial charge in [-0.3, -0.25) is 0 Å². The van der Waals surface area contributed by atoms with Gasteiger partial charge in [-0.1, -0.05) is 30.3 Å². The molecule has 0 spiro atoms. The largest absolute Gasteiger partial charge is 0.338 e. The van der Waals surface area contributed by atoms with Crippen molar-refractivity contribution in [1.82, 2.24) is 0 Å². The molecule has 1 aromatic rings. The summed E-state index contributed by atoms with van der Waals surface area (Å²) in [5, 5.41) is 8.93. The SMILES string of the molecule is COC(C#N)(OC)c1ccccc1. The molecular formula is C10H11NO2. The second kappa shape index (κ2) is 4.04. The third-order valence-corrected chi connectivity index (χ3v) is 1.88. The molecule has 0 aromatic heterocycles. The van der Waals surface area contributed by atoms with Crippen molar-refractivity contribution in [2.75, 3.05) is 14.2 Å². The van der Waals surface area contributed by atoms with Gasteiger partial charge >= 0.3 is 0 Å². The molecular weight excluding hydrogens is 166 g/mol. The zero-order chi connectivity index (χ0) is 9.73. The Morgan fingerprint density at radius 3 is 2.08 bits per heavy atom. The molecule has 0 bridgehead atoms. The summed E-state index contributed by atoms with van der Waals surface area (Å²) < 4.78 is 10.1. The Hall–Kier alpha value is -1.37. The summed E-state index contributed by atoms with van der Waals surface area (Å²) in [6.45, 7) is 0. The van der Waals surface area contributed by atoms with E-state index >= 15 is 0 Å². The van der Waals surface area contributed by atoms with Crippen LogP contribution in [-0.2, 0) is 15.3 Å². The summed E-state index contributed by atoms with van der Waals surface area (Å²) >= 11 is 0. The molecule has 0 unspecified atom stereocenters. The Morgan fingerprint density at radius 2 is 1.69 bits per heavy atom. The summed E-state index contributed by atoms with van der Waals surface area (Å²) in [6.07, 6.45) is 0. The molecule has 0 radical (unpaired) electrons. The number of nitrogens with zero attached hydrogens (tertiary/aromatic N) is 1. The average molecular weight is 177 g/mol. The molecule has 0 aliphatic rings. The fourth-order valence-corrected chi connectivity index (χ4v) is 1.13. The molecule has 0 heterocycles. The Labute approximate surface area is 77.5 Å². The Morgan fingerprint density at radius 1 is 1.15 bits per heavy atom. The van der Waals surface area contributed by atoms with E-state index in [-0.39, 0.29) is 0 Å². The van der Waals surface area contributed by atoms with E-state index in [4.69, 9.17) is 14.7 Å². The van der Waals surface area contributed by atoms with E-state index in [0.717, 1.165) is 0 Å². The van der Waals surface area contributed by atoms with Crippen LogP contribution < -0.4 is 0 Å². The lowest BCUT2D eigenvalue weighted by atomic mass is 10.1. The van der Waals surface area contributed by atoms with Crippen LogP contribution in [0.25, 0.3) is 0 Å². The highest BCUT2D eigenvalue weighted by Gasteiger charge is 2.31. The van der Waals surface area contributed by atoms with Crippen LogP contribution in [0.2, 0.25) is 0 Å². The van der Waals surface area contributed by atoms with Crippen LogP contribution >= 0.6 is 0 Å². The first-order valence-corrected chi connectivity index (χ1v) is 3.86. The van der Waals surface area contributed by atoms with Crippen LogP contribution in [0.15, 0.2) is 30.3 Å². The summed E-state index contributed by atoms with van der Waals surface area (Å²) in [6, 6.07) is 11.1. The number of hydrogen-bond acceptors (Lipinski definition) is 3. The second-order valence-electron chi connectivity index (χ2n) is 2.50. The maximum absolute atomic E-state index is 8.93. The predicted molar refractivity (Wildman–Crippen MR) is 47.8 cm³/mol. The van der Waals surface area contributed by atoms with Gasteiger partial charge in [-0.15, -0.1) is 0 Å². The normalized spacial score (nSPS) is 10.8. The highest BCUT2D eigenvalue weighted by Crippen LogP contribution is 2.24. The van der Waals surface area contributed by atoms with Crippen LogP contribution in [0.5, 0.6) is 0 Å². The molecule has 13 heavy (non-hydrogen) atoms. The molecule has 68 valence electrons. The van der Waals surface area contributed by atoms with Gasteiger partial charge in [-0.25, -0.2) is 0 Å². The van der Waals surface area contributed by atoms with Gasteiger partial charge in [0.05, 0.1) is 0 Å². The van der Waals surface area contributed by atoms with Crippen LogP contribution in [-0.4, -0.2) is 14.2 Å². The van der Waals surface area contributed by atoms with Gasteiger partial charge in [0.15, 0.2) is 0 Å². The van der Waals surface area contributed by atoms with Crippen molar-refractivity contribution in [3.8, 4) is 6.07 Å². The van der Waals surface area contributed by atoms with Gasteiger partial charge in [0.25, 0.3) is 5.79 Å². The molecule has 0 saturated heterocycles. The van der Waals surface area contributed by atoms with Crippen molar-refractivity contribution in [3.63, 3.8) is 0 Å². The number of ether oxygens (including phenoxy) is 2. The quantitative estimate of drug-likeness (QED) is 0.659. The number of nitriles is 1. The first kappa shape index (κ1) is 9.72. The van der Waals surface area contributed by atoms with E-state index < -0.39 is 5.79 Å². The van der Waals surface area contributed by atoms with Crippen molar-refractivity contribution < 1.29 is 9.47 Å². The average Bonchev–Trinajstić information content (AvgIpc) is 2.23. The summed E-state index contributed by atoms with van der Waals surface area (Å²) in [4.78, 5) is 0. The van der Waals surface area contributed by atoms with Crippen LogP contribution in [0.3, 0.4) is 0 Å². The molecule has 0 atom stereocenters. The first-order valence-electron chi connectivity index (χ1n) is 3.86. The van der Waals surface area contributed by atoms with Crippen molar-refractivity contribution in [2.45, 2.75) is 5.79 Å². The van der Waals surface area contributed by atoms with Crippen molar-refractivity contribution in [1.29, 1.82) is 5.26 Å². The lowest BCUT2D eigenvalue weighted by Crippen LogP contribution is -2.28. The van der Waals surface area contributed by atoms with E-state index in [1.54, 1.807) is 12.1 Å². The fraction of sp³-hybridized carbons (Fsp3) is 0.300. The molecule has 0 N–H and O–H groups in total. The number of methoxy groups -OCH3 is 2. The monoisotopic (exact) mass is 177 g/mol. The molecule has 1 aromatic carbocycles. The molecule has 3 nitrogen and oxygen atoms in total. The molecule has 0 saturated carbocycles. The number of hydrogen-bond donors (Lipinski definition) is 0. The second-order valence-corrected chi connectivity index (χ2v) is 2.50. The number of benzene rings is 1. The van der Waals surface area contributed by atoms with Crippen LogP contribution in [0, 0.1) is 11.3 Å². The molecule has 0 aliphatic carbocycles. The molecule has 3 heteroatoms. The molecule has 0 aliphatic heterocycles. The third kappa shape index (κ3) is 1.69. The molecule has 0 fully saturated rings. The van der Waals surface area contributed by atoms with Gasteiger partial charge in [0.2, 0.25) is 0 Å². The molecule has 0 amide bonds. The van der Waals surface area contributed by atoms with Crippen molar-refractivity contribution in [2.24, 2.45) is 0 Å². The Bertz CT molecular complexity index is 298. The lowest BCUT2D eigenvalue weighted by molar-refractivity contribution is -0.171. The maximum Gasteiger partial charge on any atom is 0.286 e. The minimum atomic E-state index is -1.28. The standard InChI is InChI=1S/C10H11NO2/c1-12-10(8-11,13-2)9-6-4-3-5-7-9/h3-7H,1-2H3. The fourth-order valence-electron chi connectivity index (χ4n) is 1.13. The zero-order valence-electron chi connectivity index (χ0n) is 7.65.